The van der Waals surface area contributed by atoms with E-state index < -0.39 is 19.4 Å². The molecule has 0 aromatic carbocycles. The van der Waals surface area contributed by atoms with E-state index in [0.717, 1.165) is 0 Å². The Morgan fingerprint density at radius 2 is 1.00 bits per heavy atom. The van der Waals surface area contributed by atoms with E-state index in [1.54, 1.807) is 0 Å². The van der Waals surface area contributed by atoms with E-state index in [4.69, 9.17) is 36.7 Å². The van der Waals surface area contributed by atoms with E-state index in [-0.39, 0.29) is 43.0 Å². The fourth-order valence-corrected chi connectivity index (χ4v) is 0. The molecule has 0 radical (unpaired) electrons. The molecular formula is H8FeMgO8SSi. The van der Waals surface area contributed by atoms with Gasteiger partial charge in [0.25, 0.3) is 0 Å². The Balaban J connectivity index is -0.0000000178. The molecule has 0 aliphatic carbocycles. The second-order valence-electron chi connectivity index (χ2n) is 1.05. The van der Waals surface area contributed by atoms with Gasteiger partial charge in [-0.15, -0.1) is 0 Å². The molecule has 76 valence electrons. The summed E-state index contributed by atoms with van der Waals surface area (Å²) in [5.41, 5.74) is 0. The Morgan fingerprint density at radius 1 is 1.00 bits per heavy atom. The first-order valence-electron chi connectivity index (χ1n) is 1.59. The van der Waals surface area contributed by atoms with Crippen LogP contribution in [-0.4, -0.2) is 68.8 Å². The molecule has 0 atom stereocenters. The molecule has 8 nitrogen and oxygen atoms in total. The van der Waals surface area contributed by atoms with Crippen LogP contribution >= 0.6 is 0 Å². The molecule has 12 heteroatoms. The molecule has 0 saturated carbocycles. The van der Waals surface area contributed by atoms with Crippen molar-refractivity contribution < 1.29 is 56.6 Å². The monoisotopic (exact) mass is 276 g/mol. The molecule has 0 aromatic rings. The molecule has 6 N–H and O–H groups in total. The first-order valence-corrected chi connectivity index (χ1v) is 4.78. The normalized spacial score (nSPS) is 9.83. The molecule has 0 saturated heterocycles. The zero-order valence-electron chi connectivity index (χ0n) is 7.47. The van der Waals surface area contributed by atoms with E-state index in [1.807, 2.05) is 0 Å². The molecular weight excluding hydrogens is 268 g/mol. The van der Waals surface area contributed by atoms with Crippen LogP contribution in [0.1, 0.15) is 2.85 Å². The summed E-state index contributed by atoms with van der Waals surface area (Å²) in [5.74, 6) is 0. The van der Waals surface area contributed by atoms with Gasteiger partial charge >= 0.3 is 42.5 Å². The summed E-state index contributed by atoms with van der Waals surface area (Å²) in [4.78, 5) is 29.3. The van der Waals surface area contributed by atoms with Crippen LogP contribution in [0.15, 0.2) is 0 Å². The molecule has 0 amide bonds. The number of hydrogen-bond acceptors (Lipinski definition) is 6. The minimum absolute atomic E-state index is 0. The van der Waals surface area contributed by atoms with Gasteiger partial charge in [-0.2, -0.15) is 8.42 Å². The fraction of sp³-hybridized carbons (Fsp3) is 0. The SMILES string of the molecule is O=S(=O)(O)O.O[Si](O)(O)O.[Fe].[H-].[H-].[Mg+2]. The van der Waals surface area contributed by atoms with Gasteiger partial charge in [0.05, 0.1) is 0 Å². The van der Waals surface area contributed by atoms with Crippen molar-refractivity contribution in [3.63, 3.8) is 0 Å². The first-order chi connectivity index (χ1) is 4.00. The van der Waals surface area contributed by atoms with E-state index in [9.17, 15) is 0 Å². The van der Waals surface area contributed by atoms with Gasteiger partial charge in [0.1, 0.15) is 0 Å². The third-order valence-corrected chi connectivity index (χ3v) is 0. The van der Waals surface area contributed by atoms with Crippen molar-refractivity contribution in [2.24, 2.45) is 0 Å². The van der Waals surface area contributed by atoms with Crippen molar-refractivity contribution >= 4 is 42.5 Å². The Morgan fingerprint density at radius 3 is 1.00 bits per heavy atom. The Bertz CT molecular complexity index is 162. The Hall–Kier alpha value is 1.21. The molecule has 0 aliphatic rings. The summed E-state index contributed by atoms with van der Waals surface area (Å²) >= 11 is 0. The zero-order valence-corrected chi connectivity index (χ0v) is 9.80. The third kappa shape index (κ3) is 795. The summed E-state index contributed by atoms with van der Waals surface area (Å²) in [6.07, 6.45) is 0. The van der Waals surface area contributed by atoms with Crippen LogP contribution in [0.2, 0.25) is 0 Å². The van der Waals surface area contributed by atoms with Crippen LogP contribution in [0.5, 0.6) is 0 Å². The minimum atomic E-state index is -4.67. The predicted molar refractivity (Wildman–Crippen MR) is 36.8 cm³/mol. The molecule has 0 rings (SSSR count). The number of hydrogen-bond donors (Lipinski definition) is 6. The van der Waals surface area contributed by atoms with E-state index in [2.05, 4.69) is 0 Å². The fourth-order valence-electron chi connectivity index (χ4n) is 0. The van der Waals surface area contributed by atoms with E-state index in [0.29, 0.717) is 0 Å². The van der Waals surface area contributed by atoms with Crippen LogP contribution in [0.4, 0.5) is 0 Å². The second-order valence-corrected chi connectivity index (χ2v) is 3.14. The quantitative estimate of drug-likeness (QED) is 0.197. The van der Waals surface area contributed by atoms with Crippen LogP contribution < -0.4 is 0 Å². The van der Waals surface area contributed by atoms with Gasteiger partial charge in [-0.05, 0) is 0 Å². The Kier molecular flexibility index (Phi) is 17.0. The van der Waals surface area contributed by atoms with E-state index >= 15 is 0 Å². The minimum Gasteiger partial charge on any atom is -1.00 e. The maximum absolute atomic E-state index is 8.74. The van der Waals surface area contributed by atoms with Gasteiger partial charge in [-0.25, -0.2) is 0 Å². The van der Waals surface area contributed by atoms with Crippen molar-refractivity contribution in [1.29, 1.82) is 0 Å². The van der Waals surface area contributed by atoms with E-state index in [1.165, 1.54) is 0 Å². The zero-order chi connectivity index (χ0) is 9.00. The average Bonchev–Trinajstić information content (AvgIpc) is 1.12. The molecule has 0 fully saturated rings. The molecule has 0 unspecified atom stereocenters. The van der Waals surface area contributed by atoms with Gasteiger partial charge in [0.2, 0.25) is 0 Å². The third-order valence-electron chi connectivity index (χ3n) is 0. The summed E-state index contributed by atoms with van der Waals surface area (Å²) in [6, 6.07) is 0. The number of rotatable bonds is 0. The van der Waals surface area contributed by atoms with Gasteiger partial charge in [0.15, 0.2) is 0 Å². The molecule has 0 aromatic heterocycles. The molecule has 0 aliphatic heterocycles. The molecule has 0 spiro atoms. The Labute approximate surface area is 98.9 Å². The van der Waals surface area contributed by atoms with Crippen molar-refractivity contribution in [2.45, 2.75) is 0 Å². The van der Waals surface area contributed by atoms with Gasteiger partial charge in [0, 0.05) is 17.1 Å². The second kappa shape index (κ2) is 8.80. The first kappa shape index (κ1) is 23.2. The summed E-state index contributed by atoms with van der Waals surface area (Å²) in [7, 11) is -9.28. The largest absolute Gasteiger partial charge is 2.00 e. The molecule has 12 heavy (non-hydrogen) atoms. The van der Waals surface area contributed by atoms with Crippen LogP contribution in [0.3, 0.4) is 0 Å². The predicted octanol–water partition coefficient (Wildman–Crippen LogP) is -3.42. The summed E-state index contributed by atoms with van der Waals surface area (Å²) in [6.45, 7) is 0. The maximum atomic E-state index is 8.74. The van der Waals surface area contributed by atoms with Gasteiger partial charge in [-0.3, -0.25) is 9.11 Å². The summed E-state index contributed by atoms with van der Waals surface area (Å²) < 4.78 is 31.6. The topological polar surface area (TPSA) is 156 Å². The van der Waals surface area contributed by atoms with Crippen LogP contribution in [0.25, 0.3) is 0 Å². The van der Waals surface area contributed by atoms with Crippen molar-refractivity contribution in [1.82, 2.24) is 0 Å². The average molecular weight is 276 g/mol. The van der Waals surface area contributed by atoms with Crippen molar-refractivity contribution in [3.05, 3.63) is 0 Å². The van der Waals surface area contributed by atoms with Gasteiger partial charge < -0.3 is 22.0 Å². The molecule has 0 bridgehead atoms. The van der Waals surface area contributed by atoms with Crippen molar-refractivity contribution in [2.75, 3.05) is 0 Å². The molecule has 0 heterocycles. The van der Waals surface area contributed by atoms with Crippen molar-refractivity contribution in [3.8, 4) is 0 Å². The van der Waals surface area contributed by atoms with Crippen LogP contribution in [0, 0.1) is 0 Å². The standard InChI is InChI=1S/Fe.Mg.H2O4S.H4O4Si.2H/c;;2*1-5(2,3)4;;/h;;(H2,1,2,3,4);1-4H;;/q;+2;;;2*-1. The van der Waals surface area contributed by atoms with Gasteiger partial charge in [-0.1, -0.05) is 0 Å². The van der Waals surface area contributed by atoms with Crippen LogP contribution in [-0.2, 0) is 27.5 Å². The summed E-state index contributed by atoms with van der Waals surface area (Å²) in [5, 5.41) is 0. The maximum Gasteiger partial charge on any atom is 2.00 e. The smallest absolute Gasteiger partial charge is 1.00 e.